The van der Waals surface area contributed by atoms with Crippen LogP contribution in [0.5, 0.6) is 5.75 Å². The van der Waals surface area contributed by atoms with E-state index in [4.69, 9.17) is 9.57 Å². The van der Waals surface area contributed by atoms with Crippen molar-refractivity contribution >= 4 is 15.9 Å². The van der Waals surface area contributed by atoms with Gasteiger partial charge in [0, 0.05) is 6.42 Å². The lowest BCUT2D eigenvalue weighted by Gasteiger charge is -2.38. The first-order valence-corrected chi connectivity index (χ1v) is 6.19. The van der Waals surface area contributed by atoms with E-state index in [1.54, 1.807) is 6.07 Å². The van der Waals surface area contributed by atoms with Crippen LogP contribution in [-0.2, 0) is 4.84 Å². The summed E-state index contributed by atoms with van der Waals surface area (Å²) in [5.74, 6) is 0.268. The van der Waals surface area contributed by atoms with Gasteiger partial charge in [0.2, 0.25) is 0 Å². The second-order valence-electron chi connectivity index (χ2n) is 4.71. The van der Waals surface area contributed by atoms with Crippen LogP contribution in [0, 0.1) is 5.82 Å². The van der Waals surface area contributed by atoms with Crippen LogP contribution in [0.25, 0.3) is 0 Å². The van der Waals surface area contributed by atoms with Crippen molar-refractivity contribution < 1.29 is 14.0 Å². The minimum Gasteiger partial charge on any atom is -0.486 e. The second kappa shape index (κ2) is 4.55. The van der Waals surface area contributed by atoms with Crippen molar-refractivity contribution in [3.63, 3.8) is 0 Å². The highest BCUT2D eigenvalue weighted by Crippen LogP contribution is 2.44. The molecular formula is C12H15BrFNO2. The number of halogens is 2. The van der Waals surface area contributed by atoms with Crippen molar-refractivity contribution in [2.24, 2.45) is 0 Å². The fourth-order valence-electron chi connectivity index (χ4n) is 2.13. The highest BCUT2D eigenvalue weighted by Gasteiger charge is 2.36. The number of hydroxylamine groups is 1. The number of rotatable bonds is 2. The third-order valence-electron chi connectivity index (χ3n) is 2.78. The number of fused-ring (bicyclic) bond motifs is 1. The van der Waals surface area contributed by atoms with E-state index in [0.29, 0.717) is 17.7 Å². The van der Waals surface area contributed by atoms with Gasteiger partial charge >= 0.3 is 0 Å². The molecule has 5 heteroatoms. The summed E-state index contributed by atoms with van der Waals surface area (Å²) in [6, 6.07) is 2.87. The van der Waals surface area contributed by atoms with Crippen LogP contribution in [-0.4, -0.2) is 12.7 Å². The Labute approximate surface area is 108 Å². The molecule has 1 aliphatic rings. The molecule has 0 bridgehead atoms. The van der Waals surface area contributed by atoms with E-state index in [9.17, 15) is 4.39 Å². The maximum atomic E-state index is 13.9. The van der Waals surface area contributed by atoms with E-state index < -0.39 is 0 Å². The summed E-state index contributed by atoms with van der Waals surface area (Å²) in [4.78, 5) is 4.94. The van der Waals surface area contributed by atoms with E-state index in [0.717, 1.165) is 4.47 Å². The van der Waals surface area contributed by atoms with Gasteiger partial charge in [0.15, 0.2) is 0 Å². The Kier molecular flexibility index (Phi) is 3.43. The van der Waals surface area contributed by atoms with Crippen molar-refractivity contribution in [1.82, 2.24) is 5.48 Å². The predicted octanol–water partition coefficient (Wildman–Crippen LogP) is 3.34. The van der Waals surface area contributed by atoms with Crippen LogP contribution >= 0.6 is 15.9 Å². The summed E-state index contributed by atoms with van der Waals surface area (Å²) in [5, 5.41) is 0. The number of nitrogens with one attached hydrogen (secondary N) is 1. The van der Waals surface area contributed by atoms with Crippen LogP contribution in [0.1, 0.15) is 31.9 Å². The molecule has 0 aromatic heterocycles. The van der Waals surface area contributed by atoms with Gasteiger partial charge < -0.3 is 9.57 Å². The topological polar surface area (TPSA) is 30.5 Å². The highest BCUT2D eigenvalue weighted by atomic mass is 79.9. The van der Waals surface area contributed by atoms with Gasteiger partial charge in [-0.3, -0.25) is 0 Å². The SMILES string of the molecule is CONC1CC(C)(C)Oc2c(Br)ccc(F)c21. The molecule has 94 valence electrons. The van der Waals surface area contributed by atoms with Gasteiger partial charge in [-0.2, -0.15) is 5.48 Å². The average molecular weight is 304 g/mol. The van der Waals surface area contributed by atoms with E-state index in [1.165, 1.54) is 13.2 Å². The fourth-order valence-corrected chi connectivity index (χ4v) is 2.56. The Morgan fingerprint density at radius 1 is 1.53 bits per heavy atom. The maximum absolute atomic E-state index is 13.9. The maximum Gasteiger partial charge on any atom is 0.142 e. The van der Waals surface area contributed by atoms with Crippen molar-refractivity contribution in [2.45, 2.75) is 31.9 Å². The largest absolute Gasteiger partial charge is 0.486 e. The smallest absolute Gasteiger partial charge is 0.142 e. The monoisotopic (exact) mass is 303 g/mol. The molecule has 1 aromatic carbocycles. The molecule has 17 heavy (non-hydrogen) atoms. The van der Waals surface area contributed by atoms with Gasteiger partial charge in [-0.25, -0.2) is 4.39 Å². The first-order valence-electron chi connectivity index (χ1n) is 5.40. The Morgan fingerprint density at radius 2 is 2.24 bits per heavy atom. The number of hydrogen-bond acceptors (Lipinski definition) is 3. The summed E-state index contributed by atoms with van der Waals surface area (Å²) in [5.41, 5.74) is 2.98. The molecule has 1 atom stereocenters. The molecule has 3 nitrogen and oxygen atoms in total. The zero-order valence-corrected chi connectivity index (χ0v) is 11.6. The Balaban J connectivity index is 2.52. The molecule has 1 unspecified atom stereocenters. The van der Waals surface area contributed by atoms with E-state index in [-0.39, 0.29) is 17.5 Å². The van der Waals surface area contributed by atoms with Crippen molar-refractivity contribution in [3.05, 3.63) is 28.0 Å². The first-order chi connectivity index (χ1) is 7.94. The predicted molar refractivity (Wildman–Crippen MR) is 66.3 cm³/mol. The molecular weight excluding hydrogens is 289 g/mol. The number of benzene rings is 1. The second-order valence-corrected chi connectivity index (χ2v) is 5.57. The molecule has 0 saturated heterocycles. The average Bonchev–Trinajstić information content (AvgIpc) is 2.22. The van der Waals surface area contributed by atoms with Gasteiger partial charge in [0.25, 0.3) is 0 Å². The molecule has 2 rings (SSSR count). The van der Waals surface area contributed by atoms with Gasteiger partial charge in [-0.05, 0) is 41.9 Å². The van der Waals surface area contributed by atoms with Crippen LogP contribution < -0.4 is 10.2 Å². The quantitative estimate of drug-likeness (QED) is 0.850. The number of hydrogen-bond donors (Lipinski definition) is 1. The Morgan fingerprint density at radius 3 is 2.88 bits per heavy atom. The van der Waals surface area contributed by atoms with Crippen LogP contribution in [0.4, 0.5) is 4.39 Å². The van der Waals surface area contributed by atoms with Crippen molar-refractivity contribution in [2.75, 3.05) is 7.11 Å². The third-order valence-corrected chi connectivity index (χ3v) is 3.40. The summed E-state index contributed by atoms with van der Waals surface area (Å²) < 4.78 is 20.5. The molecule has 0 saturated carbocycles. The lowest BCUT2D eigenvalue weighted by atomic mass is 9.90. The summed E-state index contributed by atoms with van der Waals surface area (Å²) in [7, 11) is 1.53. The summed E-state index contributed by atoms with van der Waals surface area (Å²) in [6.07, 6.45) is 0.640. The molecule has 1 heterocycles. The fraction of sp³-hybridized carbons (Fsp3) is 0.500. The molecule has 0 aliphatic carbocycles. The minimum atomic E-state index is -0.362. The Hall–Kier alpha value is -0.650. The number of ether oxygens (including phenoxy) is 1. The normalized spacial score (nSPS) is 21.8. The van der Waals surface area contributed by atoms with Gasteiger partial charge in [0.1, 0.15) is 17.2 Å². The zero-order valence-electron chi connectivity index (χ0n) is 10.0. The molecule has 0 radical (unpaired) electrons. The van der Waals surface area contributed by atoms with Gasteiger partial charge in [-0.15, -0.1) is 0 Å². The lowest BCUT2D eigenvalue weighted by Crippen LogP contribution is -2.39. The minimum absolute atomic E-state index is 0.212. The molecule has 1 N–H and O–H groups in total. The van der Waals surface area contributed by atoms with E-state index in [1.807, 2.05) is 13.8 Å². The van der Waals surface area contributed by atoms with Crippen molar-refractivity contribution in [3.8, 4) is 5.75 Å². The first kappa shape index (κ1) is 12.8. The van der Waals surface area contributed by atoms with Crippen LogP contribution in [0.15, 0.2) is 16.6 Å². The van der Waals surface area contributed by atoms with E-state index in [2.05, 4.69) is 21.4 Å². The molecule has 1 aliphatic heterocycles. The summed E-state index contributed by atoms with van der Waals surface area (Å²) >= 11 is 3.39. The highest BCUT2D eigenvalue weighted by molar-refractivity contribution is 9.10. The summed E-state index contributed by atoms with van der Waals surface area (Å²) in [6.45, 7) is 3.94. The molecule has 1 aromatic rings. The lowest BCUT2D eigenvalue weighted by molar-refractivity contribution is 0.000866. The van der Waals surface area contributed by atoms with E-state index >= 15 is 0 Å². The van der Waals surface area contributed by atoms with Crippen molar-refractivity contribution in [1.29, 1.82) is 0 Å². The third kappa shape index (κ3) is 2.46. The standard InChI is InChI=1S/C12H15BrFNO2/c1-12(2)6-9(15-16-3)10-8(14)5-4-7(13)11(10)17-12/h4-5,9,15H,6H2,1-3H3. The molecule has 0 amide bonds. The zero-order chi connectivity index (χ0) is 12.6. The van der Waals surface area contributed by atoms with Crippen LogP contribution in [0.2, 0.25) is 0 Å². The Bertz CT molecular complexity index is 437. The van der Waals surface area contributed by atoms with Gasteiger partial charge in [0.05, 0.1) is 23.2 Å². The van der Waals surface area contributed by atoms with Gasteiger partial charge in [-0.1, -0.05) is 0 Å². The van der Waals surface area contributed by atoms with Crippen LogP contribution in [0.3, 0.4) is 0 Å². The molecule has 0 spiro atoms. The molecule has 0 fully saturated rings.